The van der Waals surface area contributed by atoms with Gasteiger partial charge in [0.2, 0.25) is 10.0 Å². The molecule has 1 aliphatic rings. The van der Waals surface area contributed by atoms with Gasteiger partial charge in [-0.3, -0.25) is 0 Å². The first-order valence-corrected chi connectivity index (χ1v) is 7.59. The van der Waals surface area contributed by atoms with Gasteiger partial charge in [-0.2, -0.15) is 4.31 Å². The third-order valence-electron chi connectivity index (χ3n) is 3.31. The number of nitrogens with zero attached hydrogens (tertiary/aromatic N) is 4. The van der Waals surface area contributed by atoms with Crippen LogP contribution in [0.15, 0.2) is 34.3 Å². The van der Waals surface area contributed by atoms with Crippen molar-refractivity contribution in [2.45, 2.75) is 30.7 Å². The van der Waals surface area contributed by atoms with Gasteiger partial charge < -0.3 is 0 Å². The van der Waals surface area contributed by atoms with E-state index in [-0.39, 0.29) is 12.6 Å². The fraction of sp³-hybridized carbons (Fsp3) is 0.500. The van der Waals surface area contributed by atoms with Crippen LogP contribution in [0.2, 0.25) is 0 Å². The molecule has 0 saturated carbocycles. The lowest BCUT2D eigenvalue weighted by molar-refractivity contribution is 0.393. The molecule has 1 heterocycles. The largest absolute Gasteiger partial charge is 0.243 e. The van der Waals surface area contributed by atoms with E-state index < -0.39 is 10.0 Å². The summed E-state index contributed by atoms with van der Waals surface area (Å²) in [5.74, 6) is 0. The highest BCUT2D eigenvalue weighted by Gasteiger charge is 2.34. The number of hydrogen-bond donors (Lipinski definition) is 0. The summed E-state index contributed by atoms with van der Waals surface area (Å²) in [5.41, 5.74) is 9.37. The van der Waals surface area contributed by atoms with Crippen molar-refractivity contribution in [3.8, 4) is 0 Å². The zero-order chi connectivity index (χ0) is 13.9. The Balaban J connectivity index is 2.28. The molecule has 0 spiro atoms. The van der Waals surface area contributed by atoms with Gasteiger partial charge >= 0.3 is 0 Å². The number of rotatable bonds is 4. The van der Waals surface area contributed by atoms with Crippen LogP contribution < -0.4 is 0 Å². The highest BCUT2D eigenvalue weighted by Crippen LogP contribution is 2.26. The Morgan fingerprint density at radius 3 is 2.74 bits per heavy atom. The van der Waals surface area contributed by atoms with E-state index in [9.17, 15) is 8.42 Å². The maximum atomic E-state index is 12.5. The predicted octanol–water partition coefficient (Wildman–Crippen LogP) is 2.46. The van der Waals surface area contributed by atoms with Crippen molar-refractivity contribution in [2.75, 3.05) is 13.1 Å². The van der Waals surface area contributed by atoms with Gasteiger partial charge in [-0.05, 0) is 37.4 Å². The molecule has 1 aromatic carbocycles. The van der Waals surface area contributed by atoms with E-state index in [0.717, 1.165) is 18.4 Å². The summed E-state index contributed by atoms with van der Waals surface area (Å²) >= 11 is 0. The van der Waals surface area contributed by atoms with Crippen molar-refractivity contribution in [3.05, 3.63) is 40.3 Å². The molecular formula is C12H16N4O2S. The zero-order valence-electron chi connectivity index (χ0n) is 10.7. The van der Waals surface area contributed by atoms with E-state index in [0.29, 0.717) is 11.4 Å². The summed E-state index contributed by atoms with van der Waals surface area (Å²) in [6.07, 6.45) is 1.54. The second-order valence-electron chi connectivity index (χ2n) is 4.64. The first-order valence-electron chi connectivity index (χ1n) is 6.15. The Kier molecular flexibility index (Phi) is 4.09. The first kappa shape index (κ1) is 13.9. The van der Waals surface area contributed by atoms with Crippen LogP contribution >= 0.6 is 0 Å². The fourth-order valence-electron chi connectivity index (χ4n) is 2.28. The Labute approximate surface area is 112 Å². The van der Waals surface area contributed by atoms with Crippen LogP contribution in [0.25, 0.3) is 10.4 Å². The molecule has 1 atom stereocenters. The summed E-state index contributed by atoms with van der Waals surface area (Å²) < 4.78 is 26.5. The molecule has 0 radical (unpaired) electrons. The molecule has 1 fully saturated rings. The predicted molar refractivity (Wildman–Crippen MR) is 72.1 cm³/mol. The maximum absolute atomic E-state index is 12.5. The molecule has 0 aliphatic carbocycles. The third-order valence-corrected chi connectivity index (χ3v) is 5.27. The Morgan fingerprint density at radius 2 is 2.11 bits per heavy atom. The van der Waals surface area contributed by atoms with Crippen molar-refractivity contribution < 1.29 is 8.42 Å². The van der Waals surface area contributed by atoms with E-state index in [1.54, 1.807) is 24.3 Å². The van der Waals surface area contributed by atoms with Crippen molar-refractivity contribution in [3.63, 3.8) is 0 Å². The summed E-state index contributed by atoms with van der Waals surface area (Å²) in [5, 5.41) is 3.50. The van der Waals surface area contributed by atoms with Crippen molar-refractivity contribution in [1.29, 1.82) is 0 Å². The minimum Gasteiger partial charge on any atom is -0.207 e. The van der Waals surface area contributed by atoms with Gasteiger partial charge in [0.05, 0.1) is 4.90 Å². The van der Waals surface area contributed by atoms with Crippen LogP contribution in [0.5, 0.6) is 0 Å². The molecule has 7 heteroatoms. The Bertz CT molecular complexity index is 591. The molecule has 1 aliphatic heterocycles. The molecule has 0 aromatic heterocycles. The highest BCUT2D eigenvalue weighted by atomic mass is 32.2. The number of benzene rings is 1. The lowest BCUT2D eigenvalue weighted by atomic mass is 10.2. The lowest BCUT2D eigenvalue weighted by Crippen LogP contribution is -2.37. The van der Waals surface area contributed by atoms with Gasteiger partial charge in [0, 0.05) is 24.0 Å². The summed E-state index contributed by atoms with van der Waals surface area (Å²) in [7, 11) is -3.49. The average molecular weight is 280 g/mol. The molecule has 0 bridgehead atoms. The number of azide groups is 1. The minimum atomic E-state index is -3.49. The molecule has 2 rings (SSSR count). The topological polar surface area (TPSA) is 86.1 Å². The summed E-state index contributed by atoms with van der Waals surface area (Å²) in [6.45, 7) is 2.60. The van der Waals surface area contributed by atoms with E-state index in [1.165, 1.54) is 4.31 Å². The smallest absolute Gasteiger partial charge is 0.207 e. The van der Waals surface area contributed by atoms with Gasteiger partial charge in [0.25, 0.3) is 0 Å². The molecule has 19 heavy (non-hydrogen) atoms. The average Bonchev–Trinajstić information content (AvgIpc) is 2.86. The van der Waals surface area contributed by atoms with Crippen molar-refractivity contribution in [1.82, 2.24) is 4.31 Å². The summed E-state index contributed by atoms with van der Waals surface area (Å²) in [6, 6.07) is 6.58. The van der Waals surface area contributed by atoms with Crippen molar-refractivity contribution in [2.24, 2.45) is 5.11 Å². The van der Waals surface area contributed by atoms with Crippen molar-refractivity contribution >= 4 is 10.0 Å². The Morgan fingerprint density at radius 1 is 1.42 bits per heavy atom. The van der Waals surface area contributed by atoms with Gasteiger partial charge in [-0.15, -0.1) is 0 Å². The van der Waals surface area contributed by atoms with Gasteiger partial charge in [-0.1, -0.05) is 22.8 Å². The lowest BCUT2D eigenvalue weighted by Gasteiger charge is -2.22. The highest BCUT2D eigenvalue weighted by molar-refractivity contribution is 7.89. The van der Waals surface area contributed by atoms with Gasteiger partial charge in [0.1, 0.15) is 0 Å². The Hall–Kier alpha value is -1.56. The second-order valence-corrected chi connectivity index (χ2v) is 6.53. The molecular weight excluding hydrogens is 264 g/mol. The SMILES string of the molecule is Cc1ccc(S(=O)(=O)N2CCCC2CN=[N+]=[N-])cc1. The van der Waals surface area contributed by atoms with Gasteiger partial charge in [-0.25, -0.2) is 8.42 Å². The number of aryl methyl sites for hydroxylation is 1. The van der Waals surface area contributed by atoms with Crippen LogP contribution in [0.3, 0.4) is 0 Å². The normalized spacial score (nSPS) is 20.2. The molecule has 102 valence electrons. The number of sulfonamides is 1. The molecule has 1 aromatic rings. The molecule has 1 unspecified atom stereocenters. The summed E-state index contributed by atoms with van der Waals surface area (Å²) in [4.78, 5) is 3.00. The van der Waals surface area contributed by atoms with Crippen LogP contribution in [0.4, 0.5) is 0 Å². The quantitative estimate of drug-likeness (QED) is 0.482. The molecule has 6 nitrogen and oxygen atoms in total. The monoisotopic (exact) mass is 280 g/mol. The molecule has 0 amide bonds. The van der Waals surface area contributed by atoms with Crippen LogP contribution in [-0.2, 0) is 10.0 Å². The number of hydrogen-bond acceptors (Lipinski definition) is 3. The van der Waals surface area contributed by atoms with Crippen LogP contribution in [0, 0.1) is 6.92 Å². The van der Waals surface area contributed by atoms with Crippen LogP contribution in [-0.4, -0.2) is 31.9 Å². The van der Waals surface area contributed by atoms with E-state index >= 15 is 0 Å². The third kappa shape index (κ3) is 2.89. The second kappa shape index (κ2) is 5.61. The zero-order valence-corrected chi connectivity index (χ0v) is 11.5. The maximum Gasteiger partial charge on any atom is 0.243 e. The fourth-order valence-corrected chi connectivity index (χ4v) is 3.97. The van der Waals surface area contributed by atoms with E-state index in [4.69, 9.17) is 5.53 Å². The standard InChI is InChI=1S/C12H16N4O2S/c1-10-4-6-12(7-5-10)19(17,18)16-8-2-3-11(16)9-14-15-13/h4-7,11H,2-3,8-9H2,1H3. The minimum absolute atomic E-state index is 0.196. The molecule has 0 N–H and O–H groups in total. The van der Waals surface area contributed by atoms with E-state index in [1.807, 2.05) is 6.92 Å². The van der Waals surface area contributed by atoms with Crippen LogP contribution in [0.1, 0.15) is 18.4 Å². The molecule has 1 saturated heterocycles. The van der Waals surface area contributed by atoms with Gasteiger partial charge in [0.15, 0.2) is 0 Å². The first-order chi connectivity index (χ1) is 9.05. The van der Waals surface area contributed by atoms with E-state index in [2.05, 4.69) is 10.0 Å².